The van der Waals surface area contributed by atoms with Crippen LogP contribution in [0.3, 0.4) is 0 Å². The second-order valence-corrected chi connectivity index (χ2v) is 4.79. The molecule has 2 N–H and O–H groups in total. The van der Waals surface area contributed by atoms with E-state index in [1.54, 1.807) is 0 Å². The Morgan fingerprint density at radius 2 is 2.22 bits per heavy atom. The maximum atomic E-state index is 11.6. The molecule has 0 aromatic heterocycles. The van der Waals surface area contributed by atoms with Crippen LogP contribution in [0.4, 0.5) is 0 Å². The average molecular weight is 248 g/mol. The summed E-state index contributed by atoms with van der Waals surface area (Å²) in [7, 11) is 0. The van der Waals surface area contributed by atoms with E-state index in [1.165, 1.54) is 0 Å². The molecule has 1 aromatic carbocycles. The van der Waals surface area contributed by atoms with E-state index in [0.717, 1.165) is 43.7 Å². The molecule has 1 heterocycles. The number of carboxylic acid groups (broad SMARTS) is 1. The van der Waals surface area contributed by atoms with Crippen molar-refractivity contribution in [1.82, 2.24) is 10.2 Å². The first-order valence-corrected chi connectivity index (χ1v) is 6.42. The fraction of sp³-hybridized carbons (Fsp3) is 0.500. The summed E-state index contributed by atoms with van der Waals surface area (Å²) in [5.74, 6) is -0.762. The Morgan fingerprint density at radius 3 is 2.94 bits per heavy atom. The molecule has 0 saturated carbocycles. The first-order valence-electron chi connectivity index (χ1n) is 6.42. The van der Waals surface area contributed by atoms with E-state index in [4.69, 9.17) is 0 Å². The Balaban J connectivity index is 2.24. The van der Waals surface area contributed by atoms with Crippen molar-refractivity contribution in [2.75, 3.05) is 26.2 Å². The molecule has 2 rings (SSSR count). The highest BCUT2D eigenvalue weighted by Gasteiger charge is 2.27. The summed E-state index contributed by atoms with van der Waals surface area (Å²) in [6.45, 7) is 5.43. The summed E-state index contributed by atoms with van der Waals surface area (Å²) in [4.78, 5) is 13.6. The number of aryl methyl sites for hydroxylation is 1. The molecule has 4 nitrogen and oxygen atoms in total. The molecule has 1 aliphatic rings. The van der Waals surface area contributed by atoms with Crippen LogP contribution in [-0.2, 0) is 4.79 Å². The monoisotopic (exact) mass is 248 g/mol. The Morgan fingerprint density at radius 1 is 1.39 bits per heavy atom. The minimum absolute atomic E-state index is 0.523. The number of nitrogens with zero attached hydrogens (tertiary/aromatic N) is 1. The van der Waals surface area contributed by atoms with Gasteiger partial charge in [-0.2, -0.15) is 0 Å². The summed E-state index contributed by atoms with van der Waals surface area (Å²) in [6.07, 6.45) is 0.996. The van der Waals surface area contributed by atoms with Gasteiger partial charge >= 0.3 is 5.97 Å². The van der Waals surface area contributed by atoms with Gasteiger partial charge in [-0.3, -0.25) is 9.69 Å². The minimum atomic E-state index is -0.762. The average Bonchev–Trinajstić information content (AvgIpc) is 2.58. The maximum absolute atomic E-state index is 11.6. The van der Waals surface area contributed by atoms with Gasteiger partial charge in [0.1, 0.15) is 6.04 Å². The summed E-state index contributed by atoms with van der Waals surface area (Å²) in [5.41, 5.74) is 1.98. The predicted octanol–water partition coefficient (Wildman–Crippen LogP) is 1.42. The number of nitrogens with one attached hydrogen (secondary N) is 1. The Hall–Kier alpha value is -1.39. The highest BCUT2D eigenvalue weighted by Crippen LogP contribution is 2.22. The lowest BCUT2D eigenvalue weighted by atomic mass is 10.0. The van der Waals surface area contributed by atoms with E-state index in [0.29, 0.717) is 0 Å². The van der Waals surface area contributed by atoms with Crippen molar-refractivity contribution in [3.05, 3.63) is 35.4 Å². The van der Waals surface area contributed by atoms with Gasteiger partial charge in [-0.15, -0.1) is 0 Å². The lowest BCUT2D eigenvalue weighted by Crippen LogP contribution is -2.36. The zero-order valence-corrected chi connectivity index (χ0v) is 10.7. The summed E-state index contributed by atoms with van der Waals surface area (Å²) in [5, 5.41) is 12.8. The summed E-state index contributed by atoms with van der Waals surface area (Å²) < 4.78 is 0. The van der Waals surface area contributed by atoms with Crippen LogP contribution in [0, 0.1) is 6.92 Å². The lowest BCUT2D eigenvalue weighted by Gasteiger charge is -2.27. The molecule has 1 atom stereocenters. The molecular formula is C14H20N2O2. The van der Waals surface area contributed by atoms with Crippen molar-refractivity contribution in [2.45, 2.75) is 19.4 Å². The zero-order valence-electron chi connectivity index (χ0n) is 10.7. The second kappa shape index (κ2) is 5.98. The van der Waals surface area contributed by atoms with E-state index in [9.17, 15) is 9.90 Å². The van der Waals surface area contributed by atoms with E-state index >= 15 is 0 Å². The van der Waals surface area contributed by atoms with Crippen LogP contribution in [0.25, 0.3) is 0 Å². The van der Waals surface area contributed by atoms with Gasteiger partial charge < -0.3 is 10.4 Å². The van der Waals surface area contributed by atoms with Crippen molar-refractivity contribution in [1.29, 1.82) is 0 Å². The van der Waals surface area contributed by atoms with Gasteiger partial charge in [-0.25, -0.2) is 0 Å². The van der Waals surface area contributed by atoms with Gasteiger partial charge in [0.05, 0.1) is 0 Å². The molecule has 1 aliphatic heterocycles. The van der Waals surface area contributed by atoms with Crippen LogP contribution >= 0.6 is 0 Å². The molecule has 0 spiro atoms. The number of aliphatic carboxylic acids is 1. The highest BCUT2D eigenvalue weighted by molar-refractivity contribution is 5.75. The van der Waals surface area contributed by atoms with Crippen LogP contribution in [-0.4, -0.2) is 42.2 Å². The zero-order chi connectivity index (χ0) is 13.0. The number of hydrogen-bond donors (Lipinski definition) is 2. The van der Waals surface area contributed by atoms with E-state index in [2.05, 4.69) is 10.2 Å². The molecule has 0 bridgehead atoms. The molecule has 1 saturated heterocycles. The van der Waals surface area contributed by atoms with Gasteiger partial charge in [0, 0.05) is 19.6 Å². The molecule has 98 valence electrons. The molecule has 0 aliphatic carbocycles. The molecule has 1 aromatic rings. The number of benzene rings is 1. The van der Waals surface area contributed by atoms with Gasteiger partial charge in [-0.1, -0.05) is 29.8 Å². The topological polar surface area (TPSA) is 52.6 Å². The van der Waals surface area contributed by atoms with Crippen molar-refractivity contribution < 1.29 is 9.90 Å². The van der Waals surface area contributed by atoms with Crippen molar-refractivity contribution >= 4 is 5.97 Å². The van der Waals surface area contributed by atoms with Crippen molar-refractivity contribution in [3.8, 4) is 0 Å². The number of carbonyl (C=O) groups is 1. The molecule has 1 fully saturated rings. The fourth-order valence-electron chi connectivity index (χ4n) is 2.47. The quantitative estimate of drug-likeness (QED) is 0.849. The normalized spacial score (nSPS) is 19.2. The molecule has 0 radical (unpaired) electrons. The largest absolute Gasteiger partial charge is 0.480 e. The first-order chi connectivity index (χ1) is 8.68. The Bertz CT molecular complexity index is 412. The van der Waals surface area contributed by atoms with Crippen LogP contribution in [0.15, 0.2) is 24.3 Å². The van der Waals surface area contributed by atoms with Gasteiger partial charge in [-0.05, 0) is 25.5 Å². The summed E-state index contributed by atoms with van der Waals surface area (Å²) >= 11 is 0. The smallest absolute Gasteiger partial charge is 0.325 e. The third kappa shape index (κ3) is 3.09. The SMILES string of the molecule is Cc1cccc(C(C(=O)O)N2CCCNCC2)c1. The second-order valence-electron chi connectivity index (χ2n) is 4.79. The molecular weight excluding hydrogens is 228 g/mol. The maximum Gasteiger partial charge on any atom is 0.325 e. The van der Waals surface area contributed by atoms with E-state index in [1.807, 2.05) is 31.2 Å². The third-order valence-electron chi connectivity index (χ3n) is 3.33. The molecule has 0 amide bonds. The van der Waals surface area contributed by atoms with Crippen LogP contribution in [0.5, 0.6) is 0 Å². The first kappa shape index (κ1) is 13.1. The number of rotatable bonds is 3. The minimum Gasteiger partial charge on any atom is -0.480 e. The Labute approximate surface area is 108 Å². The van der Waals surface area contributed by atoms with E-state index < -0.39 is 12.0 Å². The van der Waals surface area contributed by atoms with Crippen LogP contribution < -0.4 is 5.32 Å². The van der Waals surface area contributed by atoms with Gasteiger partial charge in [0.15, 0.2) is 0 Å². The van der Waals surface area contributed by atoms with Crippen molar-refractivity contribution in [2.24, 2.45) is 0 Å². The van der Waals surface area contributed by atoms with Gasteiger partial charge in [0.25, 0.3) is 0 Å². The highest BCUT2D eigenvalue weighted by atomic mass is 16.4. The van der Waals surface area contributed by atoms with E-state index in [-0.39, 0.29) is 0 Å². The Kier molecular flexibility index (Phi) is 4.33. The molecule has 1 unspecified atom stereocenters. The fourth-order valence-corrected chi connectivity index (χ4v) is 2.47. The van der Waals surface area contributed by atoms with Crippen LogP contribution in [0.2, 0.25) is 0 Å². The predicted molar refractivity (Wildman–Crippen MR) is 70.6 cm³/mol. The molecule has 4 heteroatoms. The summed E-state index contributed by atoms with van der Waals surface area (Å²) in [6, 6.07) is 7.27. The lowest BCUT2D eigenvalue weighted by molar-refractivity contribution is -0.143. The number of carboxylic acids is 1. The van der Waals surface area contributed by atoms with Crippen molar-refractivity contribution in [3.63, 3.8) is 0 Å². The van der Waals surface area contributed by atoms with Crippen LogP contribution in [0.1, 0.15) is 23.6 Å². The third-order valence-corrected chi connectivity index (χ3v) is 3.33. The van der Waals surface area contributed by atoms with Gasteiger partial charge in [0.2, 0.25) is 0 Å². The number of hydrogen-bond acceptors (Lipinski definition) is 3. The molecule has 18 heavy (non-hydrogen) atoms. The standard InChI is InChI=1S/C14H20N2O2/c1-11-4-2-5-12(10-11)13(14(17)18)16-8-3-6-15-7-9-16/h2,4-5,10,13,15H,3,6-9H2,1H3,(H,17,18).